The minimum absolute atomic E-state index is 0. The van der Waals surface area contributed by atoms with Crippen LogP contribution in [0.25, 0.3) is 0 Å². The molecule has 0 amide bonds. The molecule has 0 aromatic rings. The molecule has 0 fully saturated rings. The van der Waals surface area contributed by atoms with Crippen molar-refractivity contribution in [3.8, 4) is 0 Å². The van der Waals surface area contributed by atoms with Crippen LogP contribution in [0.4, 0.5) is 0 Å². The van der Waals surface area contributed by atoms with Gasteiger partial charge in [-0.1, -0.05) is 0 Å². The van der Waals surface area contributed by atoms with E-state index >= 15 is 0 Å². The molecule has 0 unspecified atom stereocenters. The summed E-state index contributed by atoms with van der Waals surface area (Å²) in [4.78, 5) is 0. The summed E-state index contributed by atoms with van der Waals surface area (Å²) in [6, 6.07) is 0. The van der Waals surface area contributed by atoms with Crippen molar-refractivity contribution in [2.24, 2.45) is 0 Å². The second kappa shape index (κ2) is 9.77. The van der Waals surface area contributed by atoms with Gasteiger partial charge in [0.25, 0.3) is 0 Å². The Hall–Kier alpha value is 1.59. The van der Waals surface area contributed by atoms with E-state index in [0.29, 0.717) is 0 Å². The summed E-state index contributed by atoms with van der Waals surface area (Å²) in [7, 11) is 15.0. The second-order valence-corrected chi connectivity index (χ2v) is 12.9. The SMILES string of the molecule is O.O.[Cl][Sn]([Cl])[Cl]. The number of rotatable bonds is 0. The predicted octanol–water partition coefficient (Wildman–Crippen LogP) is 0.0383. The summed E-state index contributed by atoms with van der Waals surface area (Å²) in [5, 5.41) is 0. The molecule has 1 radical (unpaired) electrons. The van der Waals surface area contributed by atoms with Crippen molar-refractivity contribution in [3.63, 3.8) is 0 Å². The van der Waals surface area contributed by atoms with Crippen molar-refractivity contribution in [2.45, 2.75) is 0 Å². The van der Waals surface area contributed by atoms with E-state index in [4.69, 9.17) is 26.8 Å². The van der Waals surface area contributed by atoms with Crippen LogP contribution in [0.5, 0.6) is 0 Å². The standard InChI is InChI=1S/3ClH.2H2O.Sn/h3*1H;2*1H2;/q;;;;;+3/p-3. The van der Waals surface area contributed by atoms with Crippen molar-refractivity contribution in [2.75, 3.05) is 0 Å². The van der Waals surface area contributed by atoms with Gasteiger partial charge in [-0.3, -0.25) is 0 Å². The Kier molecular flexibility index (Phi) is 25.5. The molecule has 0 heterocycles. The van der Waals surface area contributed by atoms with Gasteiger partial charge in [-0.05, 0) is 0 Å². The Morgan fingerprint density at radius 1 is 0.833 bits per heavy atom. The monoisotopic (exact) mass is 261 g/mol. The van der Waals surface area contributed by atoms with Gasteiger partial charge in [-0.15, -0.1) is 0 Å². The molecule has 4 N–H and O–H groups in total. The van der Waals surface area contributed by atoms with Crippen LogP contribution in [0.1, 0.15) is 0 Å². The van der Waals surface area contributed by atoms with E-state index in [2.05, 4.69) is 0 Å². The van der Waals surface area contributed by atoms with E-state index in [9.17, 15) is 0 Å². The fraction of sp³-hybridized carbons (Fsp3) is 0. The molecule has 0 saturated carbocycles. The van der Waals surface area contributed by atoms with Crippen LogP contribution in [0.2, 0.25) is 0 Å². The van der Waals surface area contributed by atoms with Gasteiger partial charge in [-0.25, -0.2) is 0 Å². The molecule has 0 aliphatic heterocycles. The van der Waals surface area contributed by atoms with E-state index < -0.39 is 16.4 Å². The van der Waals surface area contributed by atoms with E-state index in [0.717, 1.165) is 0 Å². The molecule has 0 spiro atoms. The third-order valence-corrected chi connectivity index (χ3v) is 0. The fourth-order valence-electron chi connectivity index (χ4n) is 0. The molecule has 0 atom stereocenters. The van der Waals surface area contributed by atoms with Gasteiger partial charge in [-0.2, -0.15) is 0 Å². The predicted molar refractivity (Wildman–Crippen MR) is 30.5 cm³/mol. The molecule has 0 aliphatic rings. The Balaban J connectivity index is -0.0000000450. The van der Waals surface area contributed by atoms with Crippen molar-refractivity contribution in [1.82, 2.24) is 0 Å². The van der Waals surface area contributed by atoms with Crippen LogP contribution in [0.3, 0.4) is 0 Å². The molecule has 0 saturated heterocycles. The normalized spacial score (nSPS) is 6.00. The van der Waals surface area contributed by atoms with Gasteiger partial charge in [0.15, 0.2) is 0 Å². The van der Waals surface area contributed by atoms with Crippen LogP contribution in [-0.2, 0) is 0 Å². The summed E-state index contributed by atoms with van der Waals surface area (Å²) >= 11 is -2.13. The Bertz CT molecular complexity index is 13.5. The zero-order valence-corrected chi connectivity index (χ0v) is 7.76. The van der Waals surface area contributed by atoms with E-state index in [1.807, 2.05) is 0 Å². The van der Waals surface area contributed by atoms with Gasteiger partial charge >= 0.3 is 43.1 Å². The van der Waals surface area contributed by atoms with E-state index in [1.54, 1.807) is 0 Å². The van der Waals surface area contributed by atoms with Gasteiger partial charge < -0.3 is 11.0 Å². The molecule has 2 nitrogen and oxygen atoms in total. The van der Waals surface area contributed by atoms with Gasteiger partial charge in [0, 0.05) is 0 Å². The average molecular weight is 261 g/mol. The molecule has 0 rings (SSSR count). The Morgan fingerprint density at radius 3 is 0.833 bits per heavy atom. The van der Waals surface area contributed by atoms with Crippen molar-refractivity contribution in [1.29, 1.82) is 0 Å². The van der Waals surface area contributed by atoms with Crippen LogP contribution in [-0.4, -0.2) is 27.3 Å². The topological polar surface area (TPSA) is 63.0 Å². The maximum atomic E-state index is 5.00. The molecule has 6 heavy (non-hydrogen) atoms. The summed E-state index contributed by atoms with van der Waals surface area (Å²) in [6.07, 6.45) is 0. The zero-order chi connectivity index (χ0) is 3.58. The Labute approximate surface area is 53.9 Å². The first-order valence-corrected chi connectivity index (χ1v) is 11.4. The summed E-state index contributed by atoms with van der Waals surface area (Å²) in [5.74, 6) is 0. The van der Waals surface area contributed by atoms with Crippen molar-refractivity contribution in [3.05, 3.63) is 0 Å². The quantitative estimate of drug-likeness (QED) is 0.553. The number of hydrogen-bond acceptors (Lipinski definition) is 0. The van der Waals surface area contributed by atoms with Crippen LogP contribution in [0.15, 0.2) is 0 Å². The first kappa shape index (κ1) is 15.6. The molecular formula is H4Cl3O2Sn. The maximum absolute atomic E-state index is 5.00. The molecule has 0 aromatic carbocycles. The van der Waals surface area contributed by atoms with E-state index in [1.165, 1.54) is 0 Å². The molecule has 6 heteroatoms. The first-order valence-electron chi connectivity index (χ1n) is 0.567. The average Bonchev–Trinajstić information content (AvgIpc) is 0.811. The van der Waals surface area contributed by atoms with Crippen LogP contribution >= 0.6 is 26.8 Å². The van der Waals surface area contributed by atoms with Crippen LogP contribution < -0.4 is 0 Å². The first-order chi connectivity index (χ1) is 1.73. The zero-order valence-electron chi connectivity index (χ0n) is 2.63. The molecule has 0 bridgehead atoms. The summed E-state index contributed by atoms with van der Waals surface area (Å²) < 4.78 is 0. The molecular weight excluding hydrogens is 257 g/mol. The molecule has 0 aromatic heterocycles. The molecule has 0 aliphatic carbocycles. The van der Waals surface area contributed by atoms with Crippen molar-refractivity contribution < 1.29 is 11.0 Å². The number of halogens is 3. The van der Waals surface area contributed by atoms with Gasteiger partial charge in [0.05, 0.1) is 0 Å². The number of hydrogen-bond donors (Lipinski definition) is 0. The molecule has 41 valence electrons. The second-order valence-electron chi connectivity index (χ2n) is 0.214. The fourth-order valence-corrected chi connectivity index (χ4v) is 0. The van der Waals surface area contributed by atoms with Crippen molar-refractivity contribution >= 4 is 43.1 Å². The van der Waals surface area contributed by atoms with Gasteiger partial charge in [0.1, 0.15) is 0 Å². The Morgan fingerprint density at radius 2 is 0.833 bits per heavy atom. The van der Waals surface area contributed by atoms with E-state index in [-0.39, 0.29) is 11.0 Å². The summed E-state index contributed by atoms with van der Waals surface area (Å²) in [5.41, 5.74) is 0. The van der Waals surface area contributed by atoms with Gasteiger partial charge in [0.2, 0.25) is 0 Å². The third-order valence-electron chi connectivity index (χ3n) is 0. The minimum atomic E-state index is -2.13. The third kappa shape index (κ3) is 46.6. The summed E-state index contributed by atoms with van der Waals surface area (Å²) in [6.45, 7) is 0. The van der Waals surface area contributed by atoms with Crippen LogP contribution in [0, 0.1) is 0 Å².